The number of carboxylic acids is 1. The quantitative estimate of drug-likeness (QED) is 0.772. The van der Waals surface area contributed by atoms with E-state index in [2.05, 4.69) is 33.9 Å². The maximum Gasteiger partial charge on any atom is 0.307 e. The Morgan fingerprint density at radius 3 is 2.57 bits per heavy atom. The average molecular weight is 338 g/mol. The van der Waals surface area contributed by atoms with Gasteiger partial charge in [-0.15, -0.1) is 0 Å². The lowest BCUT2D eigenvalue weighted by Crippen LogP contribution is -2.41. The molecule has 3 nitrogen and oxygen atoms in total. The number of hydrogen-bond acceptors (Lipinski definition) is 2. The number of halogens is 1. The van der Waals surface area contributed by atoms with Crippen molar-refractivity contribution in [3.8, 4) is 0 Å². The molecule has 0 aromatic heterocycles. The Balaban J connectivity index is 1.99. The van der Waals surface area contributed by atoms with Crippen LogP contribution in [0.1, 0.15) is 44.2 Å². The van der Waals surface area contributed by atoms with E-state index in [1.807, 2.05) is 6.07 Å². The van der Waals surface area contributed by atoms with Crippen molar-refractivity contribution >= 4 is 14.3 Å². The SMILES string of the molecule is CC(C)(C)[Si](C)(C)OCCc1cc(C2CC2C(=O)O)ccc1F. The number of carbonyl (C=O) groups is 1. The molecule has 0 radical (unpaired) electrons. The predicted molar refractivity (Wildman–Crippen MR) is 91.7 cm³/mol. The molecule has 1 aromatic rings. The molecule has 5 heteroatoms. The molecule has 1 fully saturated rings. The molecule has 1 aliphatic rings. The van der Waals surface area contributed by atoms with Crippen LogP contribution in [0.3, 0.4) is 0 Å². The van der Waals surface area contributed by atoms with Crippen LogP contribution >= 0.6 is 0 Å². The summed E-state index contributed by atoms with van der Waals surface area (Å²) in [7, 11) is -1.83. The third-order valence-corrected chi connectivity index (χ3v) is 9.78. The fourth-order valence-electron chi connectivity index (χ4n) is 2.49. The maximum atomic E-state index is 14.0. The summed E-state index contributed by atoms with van der Waals surface area (Å²) in [4.78, 5) is 11.0. The van der Waals surface area contributed by atoms with E-state index >= 15 is 0 Å². The van der Waals surface area contributed by atoms with E-state index in [4.69, 9.17) is 9.53 Å². The topological polar surface area (TPSA) is 46.5 Å². The van der Waals surface area contributed by atoms with Gasteiger partial charge in [0.1, 0.15) is 5.82 Å². The third-order valence-electron chi connectivity index (χ3n) is 5.25. The molecule has 0 spiro atoms. The van der Waals surface area contributed by atoms with Crippen LogP contribution in [0.25, 0.3) is 0 Å². The summed E-state index contributed by atoms with van der Waals surface area (Å²) in [5.74, 6) is -1.27. The molecule has 1 saturated carbocycles. The highest BCUT2D eigenvalue weighted by Gasteiger charge is 2.44. The van der Waals surface area contributed by atoms with Crippen molar-refractivity contribution in [1.82, 2.24) is 0 Å². The number of aliphatic carboxylic acids is 1. The van der Waals surface area contributed by atoms with Gasteiger partial charge >= 0.3 is 5.97 Å². The van der Waals surface area contributed by atoms with Gasteiger partial charge in [0.05, 0.1) is 5.92 Å². The zero-order valence-corrected chi connectivity index (χ0v) is 15.6. The Morgan fingerprint density at radius 1 is 1.39 bits per heavy atom. The fraction of sp³-hybridized carbons (Fsp3) is 0.611. The first-order chi connectivity index (χ1) is 10.5. The van der Waals surface area contributed by atoms with Crippen molar-refractivity contribution in [2.75, 3.05) is 6.61 Å². The Bertz CT molecular complexity index is 592. The molecule has 0 amide bonds. The van der Waals surface area contributed by atoms with Crippen LogP contribution in [0.2, 0.25) is 18.1 Å². The molecule has 0 bridgehead atoms. The van der Waals surface area contributed by atoms with Crippen molar-refractivity contribution in [3.63, 3.8) is 0 Å². The second-order valence-corrected chi connectivity index (χ2v) is 12.8. The Kier molecular flexibility index (Phi) is 5.02. The summed E-state index contributed by atoms with van der Waals surface area (Å²) in [5.41, 5.74) is 1.55. The van der Waals surface area contributed by atoms with Gasteiger partial charge in [-0.2, -0.15) is 0 Å². The Hall–Kier alpha value is -1.20. The van der Waals surface area contributed by atoms with Crippen LogP contribution in [0.4, 0.5) is 4.39 Å². The van der Waals surface area contributed by atoms with E-state index in [-0.39, 0.29) is 22.7 Å². The molecule has 2 unspecified atom stereocenters. The number of benzene rings is 1. The van der Waals surface area contributed by atoms with Gasteiger partial charge in [0.15, 0.2) is 8.32 Å². The lowest BCUT2D eigenvalue weighted by Gasteiger charge is -2.36. The van der Waals surface area contributed by atoms with Crippen molar-refractivity contribution in [2.24, 2.45) is 5.92 Å². The molecule has 1 aromatic carbocycles. The van der Waals surface area contributed by atoms with Crippen LogP contribution in [0.15, 0.2) is 18.2 Å². The average Bonchev–Trinajstić information content (AvgIpc) is 3.20. The van der Waals surface area contributed by atoms with Crippen molar-refractivity contribution in [2.45, 2.75) is 57.7 Å². The van der Waals surface area contributed by atoms with Gasteiger partial charge in [0.2, 0.25) is 0 Å². The van der Waals surface area contributed by atoms with E-state index in [9.17, 15) is 9.18 Å². The highest BCUT2D eigenvalue weighted by atomic mass is 28.4. The minimum atomic E-state index is -1.83. The van der Waals surface area contributed by atoms with E-state index in [0.717, 1.165) is 5.56 Å². The van der Waals surface area contributed by atoms with E-state index in [1.54, 1.807) is 6.07 Å². The number of hydrogen-bond donors (Lipinski definition) is 1. The third kappa shape index (κ3) is 4.21. The summed E-state index contributed by atoms with van der Waals surface area (Å²) in [6, 6.07) is 4.98. The number of rotatable bonds is 6. The van der Waals surface area contributed by atoms with Crippen molar-refractivity contribution < 1.29 is 18.7 Å². The van der Waals surface area contributed by atoms with Crippen molar-refractivity contribution in [1.29, 1.82) is 0 Å². The zero-order valence-electron chi connectivity index (χ0n) is 14.6. The highest BCUT2D eigenvalue weighted by Crippen LogP contribution is 2.47. The summed E-state index contributed by atoms with van der Waals surface area (Å²) in [5, 5.41) is 9.16. The fourth-order valence-corrected chi connectivity index (χ4v) is 3.53. The van der Waals surface area contributed by atoms with Crippen LogP contribution in [0, 0.1) is 11.7 Å². The number of carboxylic acid groups (broad SMARTS) is 1. The second-order valence-electron chi connectivity index (χ2n) is 8.00. The summed E-state index contributed by atoms with van der Waals surface area (Å²) < 4.78 is 20.1. The summed E-state index contributed by atoms with van der Waals surface area (Å²) in [6.07, 6.45) is 1.18. The molecule has 0 aliphatic heterocycles. The van der Waals surface area contributed by atoms with Crippen LogP contribution in [0.5, 0.6) is 0 Å². The van der Waals surface area contributed by atoms with Crippen LogP contribution < -0.4 is 0 Å². The molecule has 1 N–H and O–H groups in total. The van der Waals surface area contributed by atoms with Gasteiger partial charge < -0.3 is 9.53 Å². The van der Waals surface area contributed by atoms with E-state index in [0.29, 0.717) is 25.0 Å². The summed E-state index contributed by atoms with van der Waals surface area (Å²) >= 11 is 0. The first-order valence-corrected chi connectivity index (χ1v) is 11.1. The standard InChI is InChI=1S/C18H27FO3Si/c1-18(2,3)23(4,5)22-9-8-13-10-12(6-7-16(13)19)14-11-15(14)17(20)21/h6-7,10,14-15H,8-9,11H2,1-5H3,(H,20,21). The second kappa shape index (κ2) is 6.36. The van der Waals surface area contributed by atoms with E-state index < -0.39 is 14.3 Å². The van der Waals surface area contributed by atoms with Gasteiger partial charge in [0.25, 0.3) is 0 Å². The van der Waals surface area contributed by atoms with Gasteiger partial charge in [-0.1, -0.05) is 32.9 Å². The Labute approximate surface area is 139 Å². The Morgan fingerprint density at radius 2 is 2.04 bits per heavy atom. The zero-order chi connectivity index (χ0) is 17.4. The predicted octanol–water partition coefficient (Wildman–Crippen LogP) is 4.58. The minimum Gasteiger partial charge on any atom is -0.481 e. The molecule has 0 heterocycles. The largest absolute Gasteiger partial charge is 0.481 e. The van der Waals surface area contributed by atoms with Gasteiger partial charge in [0, 0.05) is 6.61 Å². The monoisotopic (exact) mass is 338 g/mol. The molecule has 23 heavy (non-hydrogen) atoms. The molecular weight excluding hydrogens is 311 g/mol. The van der Waals surface area contributed by atoms with Crippen molar-refractivity contribution in [3.05, 3.63) is 35.1 Å². The minimum absolute atomic E-state index is 0.0353. The molecule has 2 rings (SSSR count). The lowest BCUT2D eigenvalue weighted by atomic mass is 10.0. The van der Waals surface area contributed by atoms with Gasteiger partial charge in [-0.3, -0.25) is 4.79 Å². The van der Waals surface area contributed by atoms with Crippen LogP contribution in [-0.2, 0) is 15.6 Å². The first-order valence-electron chi connectivity index (χ1n) is 8.18. The van der Waals surface area contributed by atoms with E-state index in [1.165, 1.54) is 6.07 Å². The smallest absolute Gasteiger partial charge is 0.307 e. The molecular formula is C18H27FO3Si. The maximum absolute atomic E-state index is 14.0. The molecule has 2 atom stereocenters. The van der Waals surface area contributed by atoms with Gasteiger partial charge in [-0.25, -0.2) is 4.39 Å². The lowest BCUT2D eigenvalue weighted by molar-refractivity contribution is -0.138. The molecule has 128 valence electrons. The van der Waals surface area contributed by atoms with Crippen LogP contribution in [-0.4, -0.2) is 26.0 Å². The first kappa shape index (κ1) is 18.1. The molecule has 1 aliphatic carbocycles. The van der Waals surface area contributed by atoms with Gasteiger partial charge in [-0.05, 0) is 54.1 Å². The highest BCUT2D eigenvalue weighted by molar-refractivity contribution is 6.74. The molecule has 0 saturated heterocycles. The summed E-state index contributed by atoms with van der Waals surface area (Å²) in [6.45, 7) is 11.4. The normalized spacial score (nSPS) is 21.3.